The Kier molecular flexibility index (Phi) is 5.51. The predicted octanol–water partition coefficient (Wildman–Crippen LogP) is 3.47. The third kappa shape index (κ3) is 4.07. The molecule has 1 fully saturated rings. The molecule has 0 aliphatic heterocycles. The highest BCUT2D eigenvalue weighted by atomic mass is 35.5. The van der Waals surface area contributed by atoms with E-state index >= 15 is 0 Å². The topological polar surface area (TPSA) is 108 Å². The molecule has 1 amide bonds. The van der Waals surface area contributed by atoms with E-state index in [-0.39, 0.29) is 17.1 Å². The quantitative estimate of drug-likeness (QED) is 0.430. The van der Waals surface area contributed by atoms with Crippen LogP contribution < -0.4 is 10.1 Å². The molecule has 1 aliphatic carbocycles. The number of halogens is 1. The summed E-state index contributed by atoms with van der Waals surface area (Å²) in [5.74, 6) is -0.861. The van der Waals surface area contributed by atoms with Crippen LogP contribution in [-0.4, -0.2) is 30.5 Å². The third-order valence-electron chi connectivity index (χ3n) is 4.54. The second-order valence-corrected chi connectivity index (χ2v) is 6.79. The molecule has 0 radical (unpaired) electrons. The summed E-state index contributed by atoms with van der Waals surface area (Å²) < 4.78 is 10.3. The normalized spacial score (nSPS) is 14.1. The Hall–Kier alpha value is -3.13. The number of nitrogens with zero attached hydrogens (tertiary/aromatic N) is 1. The number of anilines is 1. The lowest BCUT2D eigenvalue weighted by Gasteiger charge is -2.15. The lowest BCUT2D eigenvalue weighted by molar-refractivity contribution is -0.384. The van der Waals surface area contributed by atoms with Gasteiger partial charge in [0.15, 0.2) is 6.61 Å². The van der Waals surface area contributed by atoms with Gasteiger partial charge >= 0.3 is 5.97 Å². The fourth-order valence-corrected chi connectivity index (χ4v) is 2.99. The van der Waals surface area contributed by atoms with Gasteiger partial charge in [-0.25, -0.2) is 0 Å². The summed E-state index contributed by atoms with van der Waals surface area (Å²) in [4.78, 5) is 35.0. The average molecular weight is 405 g/mol. The highest BCUT2D eigenvalue weighted by Gasteiger charge is 2.52. The number of esters is 1. The molecule has 3 rings (SSSR count). The summed E-state index contributed by atoms with van der Waals surface area (Å²) in [5.41, 5.74) is -0.0271. The highest BCUT2D eigenvalue weighted by Crippen LogP contribution is 2.49. The van der Waals surface area contributed by atoms with Crippen molar-refractivity contribution in [2.75, 3.05) is 19.0 Å². The number of non-ortho nitro benzene ring substituents is 1. The van der Waals surface area contributed by atoms with E-state index in [1.807, 2.05) is 0 Å². The number of nitro groups is 1. The second kappa shape index (κ2) is 7.85. The van der Waals surface area contributed by atoms with E-state index in [9.17, 15) is 19.7 Å². The Balaban J connectivity index is 1.63. The van der Waals surface area contributed by atoms with E-state index in [0.717, 1.165) is 5.56 Å². The van der Waals surface area contributed by atoms with Crippen LogP contribution in [0.15, 0.2) is 42.5 Å². The molecule has 146 valence electrons. The number of nitrogens with one attached hydrogen (secondary N) is 1. The summed E-state index contributed by atoms with van der Waals surface area (Å²) in [5, 5.41) is 13.9. The number of amides is 1. The molecule has 1 N–H and O–H groups in total. The summed E-state index contributed by atoms with van der Waals surface area (Å²) in [6.45, 7) is -0.514. The Morgan fingerprint density at radius 1 is 1.21 bits per heavy atom. The maximum absolute atomic E-state index is 12.5. The summed E-state index contributed by atoms with van der Waals surface area (Å²) >= 11 is 5.88. The van der Waals surface area contributed by atoms with Crippen LogP contribution in [0.25, 0.3) is 0 Å². The van der Waals surface area contributed by atoms with Gasteiger partial charge < -0.3 is 14.8 Å². The second-order valence-electron chi connectivity index (χ2n) is 6.36. The maximum Gasteiger partial charge on any atom is 0.317 e. The fraction of sp³-hybridized carbons (Fsp3) is 0.263. The number of ether oxygens (including phenoxy) is 2. The van der Waals surface area contributed by atoms with Crippen molar-refractivity contribution in [3.8, 4) is 5.75 Å². The molecule has 0 bridgehead atoms. The first-order chi connectivity index (χ1) is 13.4. The summed E-state index contributed by atoms with van der Waals surface area (Å²) in [7, 11) is 1.37. The number of benzene rings is 2. The van der Waals surface area contributed by atoms with Crippen LogP contribution in [0, 0.1) is 10.1 Å². The minimum absolute atomic E-state index is 0.122. The highest BCUT2D eigenvalue weighted by molar-refractivity contribution is 6.30. The number of nitro benzene ring substituents is 1. The van der Waals surface area contributed by atoms with E-state index in [0.29, 0.717) is 17.9 Å². The molecule has 9 heteroatoms. The van der Waals surface area contributed by atoms with Gasteiger partial charge in [0.05, 0.1) is 23.1 Å². The van der Waals surface area contributed by atoms with Gasteiger partial charge in [0.25, 0.3) is 11.6 Å². The van der Waals surface area contributed by atoms with Crippen LogP contribution in [0.1, 0.15) is 18.4 Å². The number of hydrogen-bond donors (Lipinski definition) is 1. The van der Waals surface area contributed by atoms with Crippen LogP contribution in [0.2, 0.25) is 5.02 Å². The van der Waals surface area contributed by atoms with Crippen molar-refractivity contribution < 1.29 is 24.0 Å². The fourth-order valence-electron chi connectivity index (χ4n) is 2.87. The standard InChI is InChI=1S/C19H17ClN2O6/c1-27-16-7-6-14(22(25)26)10-15(16)21-17(23)11-28-18(24)19(8-9-19)12-2-4-13(20)5-3-12/h2-7,10H,8-9,11H2,1H3,(H,21,23). The van der Waals surface area contributed by atoms with Crippen molar-refractivity contribution >= 4 is 34.9 Å². The van der Waals surface area contributed by atoms with Crippen LogP contribution in [-0.2, 0) is 19.7 Å². The Bertz CT molecular complexity index is 925. The molecular formula is C19H17ClN2O6. The first-order valence-electron chi connectivity index (χ1n) is 8.41. The van der Waals surface area contributed by atoms with Crippen LogP contribution in [0.4, 0.5) is 11.4 Å². The summed E-state index contributed by atoms with van der Waals surface area (Å²) in [6.07, 6.45) is 1.27. The molecule has 0 unspecified atom stereocenters. The minimum Gasteiger partial charge on any atom is -0.495 e. The minimum atomic E-state index is -0.742. The predicted molar refractivity (Wildman–Crippen MR) is 102 cm³/mol. The molecule has 1 saturated carbocycles. The zero-order valence-electron chi connectivity index (χ0n) is 14.9. The molecular weight excluding hydrogens is 388 g/mol. The first-order valence-corrected chi connectivity index (χ1v) is 8.79. The van der Waals surface area contributed by atoms with Gasteiger partial charge in [0.1, 0.15) is 5.75 Å². The van der Waals surface area contributed by atoms with E-state index < -0.39 is 28.8 Å². The lowest BCUT2D eigenvalue weighted by Crippen LogP contribution is -2.28. The Morgan fingerprint density at radius 2 is 1.89 bits per heavy atom. The molecule has 2 aromatic rings. The van der Waals surface area contributed by atoms with Gasteiger partial charge in [0.2, 0.25) is 0 Å². The van der Waals surface area contributed by atoms with Gasteiger partial charge in [-0.2, -0.15) is 0 Å². The van der Waals surface area contributed by atoms with Gasteiger partial charge in [-0.15, -0.1) is 0 Å². The van der Waals surface area contributed by atoms with E-state index in [4.69, 9.17) is 21.1 Å². The van der Waals surface area contributed by atoms with Crippen molar-refractivity contribution in [3.63, 3.8) is 0 Å². The van der Waals surface area contributed by atoms with Crippen LogP contribution in [0.5, 0.6) is 5.75 Å². The van der Waals surface area contributed by atoms with Crippen molar-refractivity contribution in [2.45, 2.75) is 18.3 Å². The molecule has 0 aromatic heterocycles. The largest absolute Gasteiger partial charge is 0.495 e. The van der Waals surface area contributed by atoms with E-state index in [1.54, 1.807) is 24.3 Å². The van der Waals surface area contributed by atoms with Crippen molar-refractivity contribution in [3.05, 3.63) is 63.2 Å². The van der Waals surface area contributed by atoms with E-state index in [1.165, 1.54) is 25.3 Å². The molecule has 28 heavy (non-hydrogen) atoms. The first kappa shape index (κ1) is 19.6. The van der Waals surface area contributed by atoms with E-state index in [2.05, 4.69) is 5.32 Å². The molecule has 2 aromatic carbocycles. The van der Waals surface area contributed by atoms with Gasteiger partial charge in [-0.05, 0) is 36.6 Å². The SMILES string of the molecule is COc1ccc([N+](=O)[O-])cc1NC(=O)COC(=O)C1(c2ccc(Cl)cc2)CC1. The zero-order chi connectivity index (χ0) is 20.3. The van der Waals surface area contributed by atoms with Crippen LogP contribution >= 0.6 is 11.6 Å². The molecule has 0 atom stereocenters. The van der Waals surface area contributed by atoms with Crippen molar-refractivity contribution in [2.24, 2.45) is 0 Å². The monoisotopic (exact) mass is 404 g/mol. The number of carbonyl (C=O) groups is 2. The van der Waals surface area contributed by atoms with Gasteiger partial charge in [-0.1, -0.05) is 23.7 Å². The number of carbonyl (C=O) groups excluding carboxylic acids is 2. The smallest absolute Gasteiger partial charge is 0.317 e. The van der Waals surface area contributed by atoms with Crippen molar-refractivity contribution in [1.29, 1.82) is 0 Å². The average Bonchev–Trinajstić information content (AvgIpc) is 3.48. The maximum atomic E-state index is 12.5. The summed E-state index contributed by atoms with van der Waals surface area (Å²) in [6, 6.07) is 10.7. The van der Waals surface area contributed by atoms with Crippen molar-refractivity contribution in [1.82, 2.24) is 0 Å². The van der Waals surface area contributed by atoms with Crippen LogP contribution in [0.3, 0.4) is 0 Å². The number of methoxy groups -OCH3 is 1. The molecule has 1 aliphatic rings. The Morgan fingerprint density at radius 3 is 2.46 bits per heavy atom. The van der Waals surface area contributed by atoms with Gasteiger partial charge in [0, 0.05) is 17.2 Å². The molecule has 0 saturated heterocycles. The zero-order valence-corrected chi connectivity index (χ0v) is 15.7. The number of rotatable bonds is 7. The molecule has 8 nitrogen and oxygen atoms in total. The molecule has 0 spiro atoms. The number of hydrogen-bond acceptors (Lipinski definition) is 6. The van der Waals surface area contributed by atoms with Gasteiger partial charge in [-0.3, -0.25) is 19.7 Å². The third-order valence-corrected chi connectivity index (χ3v) is 4.79. The Labute approximate surface area is 165 Å². The molecule has 0 heterocycles. The lowest BCUT2D eigenvalue weighted by atomic mass is 9.96.